The number of hydrogen-bond acceptors (Lipinski definition) is 6. The lowest BCUT2D eigenvalue weighted by Gasteiger charge is -2.20. The van der Waals surface area contributed by atoms with Gasteiger partial charge in [0, 0.05) is 19.1 Å². The molecular weight excluding hydrogens is 232 g/mol. The van der Waals surface area contributed by atoms with Gasteiger partial charge in [-0.15, -0.1) is 10.2 Å². The first kappa shape index (κ1) is 14.4. The Morgan fingerprint density at radius 3 is 2.67 bits per heavy atom. The molecule has 0 aliphatic carbocycles. The molecule has 6 nitrogen and oxygen atoms in total. The first-order chi connectivity index (χ1) is 8.54. The first-order valence-electron chi connectivity index (χ1n) is 5.90. The van der Waals surface area contributed by atoms with E-state index in [0.29, 0.717) is 11.9 Å². The quantitative estimate of drug-likeness (QED) is 0.762. The molecule has 0 fully saturated rings. The summed E-state index contributed by atoms with van der Waals surface area (Å²) in [6, 6.07) is 3.82. The van der Waals surface area contributed by atoms with Crippen molar-refractivity contribution in [2.75, 3.05) is 32.6 Å². The van der Waals surface area contributed by atoms with E-state index in [1.165, 1.54) is 7.11 Å². The third-order valence-electron chi connectivity index (χ3n) is 2.71. The summed E-state index contributed by atoms with van der Waals surface area (Å²) >= 11 is 0. The van der Waals surface area contributed by atoms with Crippen LogP contribution >= 0.6 is 0 Å². The molecule has 0 radical (unpaired) electrons. The molecule has 0 aliphatic rings. The van der Waals surface area contributed by atoms with E-state index >= 15 is 0 Å². The van der Waals surface area contributed by atoms with Gasteiger partial charge in [-0.1, -0.05) is 0 Å². The van der Waals surface area contributed by atoms with Crippen LogP contribution < -0.4 is 5.32 Å². The van der Waals surface area contributed by atoms with Crippen LogP contribution in [0.2, 0.25) is 0 Å². The summed E-state index contributed by atoms with van der Waals surface area (Å²) in [6.45, 7) is 5.98. The van der Waals surface area contributed by atoms with Crippen LogP contribution in [0.15, 0.2) is 12.1 Å². The third kappa shape index (κ3) is 4.29. The number of likely N-dealkylation sites (N-methyl/N-ethyl adjacent to an activating group) is 1. The maximum absolute atomic E-state index is 11.2. The number of esters is 1. The maximum atomic E-state index is 11.2. The topological polar surface area (TPSA) is 67.3 Å². The standard InChI is InChI=1S/C12H20N4O2/c1-9(2)16(3)8-7-13-11-6-5-10(14-15-11)12(17)18-4/h5-6,9H,7-8H2,1-4H3,(H,13,15). The predicted octanol–water partition coefficient (Wildman–Crippen LogP) is 1.02. The molecule has 0 atom stereocenters. The molecule has 1 heterocycles. The summed E-state index contributed by atoms with van der Waals surface area (Å²) in [4.78, 5) is 13.4. The molecule has 0 saturated carbocycles. The highest BCUT2D eigenvalue weighted by Crippen LogP contribution is 2.03. The van der Waals surface area contributed by atoms with E-state index in [0.717, 1.165) is 13.1 Å². The highest BCUT2D eigenvalue weighted by molar-refractivity contribution is 5.86. The van der Waals surface area contributed by atoms with Gasteiger partial charge in [0.1, 0.15) is 5.82 Å². The SMILES string of the molecule is COC(=O)c1ccc(NCCN(C)C(C)C)nn1. The van der Waals surface area contributed by atoms with Crippen LogP contribution in [-0.2, 0) is 4.74 Å². The van der Waals surface area contributed by atoms with Crippen LogP contribution in [0.25, 0.3) is 0 Å². The van der Waals surface area contributed by atoms with Crippen molar-refractivity contribution in [1.82, 2.24) is 15.1 Å². The monoisotopic (exact) mass is 252 g/mol. The minimum atomic E-state index is -0.478. The van der Waals surface area contributed by atoms with E-state index in [1.54, 1.807) is 12.1 Å². The first-order valence-corrected chi connectivity index (χ1v) is 5.90. The number of carbonyl (C=O) groups excluding carboxylic acids is 1. The van der Waals surface area contributed by atoms with Gasteiger partial charge in [-0.25, -0.2) is 4.79 Å². The van der Waals surface area contributed by atoms with Gasteiger partial charge >= 0.3 is 5.97 Å². The Balaban J connectivity index is 2.42. The molecule has 1 rings (SSSR count). The highest BCUT2D eigenvalue weighted by Gasteiger charge is 2.07. The largest absolute Gasteiger partial charge is 0.464 e. The van der Waals surface area contributed by atoms with E-state index in [-0.39, 0.29) is 5.69 Å². The highest BCUT2D eigenvalue weighted by atomic mass is 16.5. The Morgan fingerprint density at radius 2 is 2.17 bits per heavy atom. The van der Waals surface area contributed by atoms with Crippen LogP contribution in [0.4, 0.5) is 5.82 Å². The van der Waals surface area contributed by atoms with Gasteiger partial charge in [0.25, 0.3) is 0 Å². The van der Waals surface area contributed by atoms with Gasteiger partial charge in [-0.2, -0.15) is 0 Å². The van der Waals surface area contributed by atoms with Crippen molar-refractivity contribution in [2.24, 2.45) is 0 Å². The molecule has 0 bridgehead atoms. The molecular formula is C12H20N4O2. The zero-order valence-electron chi connectivity index (χ0n) is 11.3. The number of carbonyl (C=O) groups is 1. The number of nitrogens with zero attached hydrogens (tertiary/aromatic N) is 3. The lowest BCUT2D eigenvalue weighted by molar-refractivity contribution is 0.0593. The van der Waals surface area contributed by atoms with Crippen molar-refractivity contribution in [3.8, 4) is 0 Å². The van der Waals surface area contributed by atoms with E-state index < -0.39 is 5.97 Å². The zero-order valence-corrected chi connectivity index (χ0v) is 11.3. The van der Waals surface area contributed by atoms with Crippen molar-refractivity contribution in [3.05, 3.63) is 17.8 Å². The second-order valence-electron chi connectivity index (χ2n) is 4.30. The normalized spacial score (nSPS) is 10.8. The molecule has 0 aliphatic heterocycles. The second-order valence-corrected chi connectivity index (χ2v) is 4.30. The Labute approximate surface area is 107 Å². The van der Waals surface area contributed by atoms with E-state index in [4.69, 9.17) is 0 Å². The van der Waals surface area contributed by atoms with Crippen molar-refractivity contribution in [2.45, 2.75) is 19.9 Å². The van der Waals surface area contributed by atoms with Gasteiger partial charge in [0.05, 0.1) is 7.11 Å². The Kier molecular flexibility index (Phi) is 5.51. The van der Waals surface area contributed by atoms with Gasteiger partial charge < -0.3 is 15.0 Å². The fourth-order valence-corrected chi connectivity index (χ4v) is 1.26. The summed E-state index contributed by atoms with van der Waals surface area (Å²) in [5.74, 6) is 0.174. The smallest absolute Gasteiger partial charge is 0.358 e. The van der Waals surface area contributed by atoms with E-state index in [1.807, 2.05) is 0 Å². The molecule has 0 spiro atoms. The molecule has 6 heteroatoms. The van der Waals surface area contributed by atoms with Crippen molar-refractivity contribution in [3.63, 3.8) is 0 Å². The molecule has 100 valence electrons. The van der Waals surface area contributed by atoms with Crippen LogP contribution in [0, 0.1) is 0 Å². The maximum Gasteiger partial charge on any atom is 0.358 e. The lowest BCUT2D eigenvalue weighted by Crippen LogP contribution is -2.31. The number of anilines is 1. The number of hydrogen-bond donors (Lipinski definition) is 1. The molecule has 1 aromatic heterocycles. The van der Waals surface area contributed by atoms with Crippen LogP contribution in [0.1, 0.15) is 24.3 Å². The van der Waals surface area contributed by atoms with Crippen LogP contribution in [-0.4, -0.2) is 54.4 Å². The number of ether oxygens (including phenoxy) is 1. The minimum Gasteiger partial charge on any atom is -0.464 e. The number of methoxy groups -OCH3 is 1. The fourth-order valence-electron chi connectivity index (χ4n) is 1.26. The molecule has 1 N–H and O–H groups in total. The summed E-state index contributed by atoms with van der Waals surface area (Å²) in [7, 11) is 3.39. The molecule has 1 aromatic rings. The van der Waals surface area contributed by atoms with E-state index in [2.05, 4.69) is 46.0 Å². The van der Waals surface area contributed by atoms with E-state index in [9.17, 15) is 4.79 Å². The Bertz CT molecular complexity index is 378. The molecule has 0 unspecified atom stereocenters. The average molecular weight is 252 g/mol. The van der Waals surface area contributed by atoms with Gasteiger partial charge in [0.2, 0.25) is 0 Å². The summed E-state index contributed by atoms with van der Waals surface area (Å²) < 4.78 is 4.55. The van der Waals surface area contributed by atoms with Crippen molar-refractivity contribution >= 4 is 11.8 Å². The average Bonchev–Trinajstić information content (AvgIpc) is 2.38. The van der Waals surface area contributed by atoms with Gasteiger partial charge in [0.15, 0.2) is 5.69 Å². The third-order valence-corrected chi connectivity index (χ3v) is 2.71. The minimum absolute atomic E-state index is 0.211. The molecule has 18 heavy (non-hydrogen) atoms. The molecule has 0 aromatic carbocycles. The lowest BCUT2D eigenvalue weighted by atomic mass is 10.3. The number of rotatable bonds is 6. The summed E-state index contributed by atoms with van der Waals surface area (Å²) in [6.07, 6.45) is 0. The number of nitrogens with one attached hydrogen (secondary N) is 1. The van der Waals surface area contributed by atoms with Gasteiger partial charge in [-0.3, -0.25) is 0 Å². The fraction of sp³-hybridized carbons (Fsp3) is 0.583. The van der Waals surface area contributed by atoms with Crippen LogP contribution in [0.3, 0.4) is 0 Å². The van der Waals surface area contributed by atoms with Gasteiger partial charge in [-0.05, 0) is 33.0 Å². The second kappa shape index (κ2) is 6.90. The van der Waals surface area contributed by atoms with Crippen molar-refractivity contribution in [1.29, 1.82) is 0 Å². The zero-order chi connectivity index (χ0) is 13.5. The Hall–Kier alpha value is -1.69. The predicted molar refractivity (Wildman–Crippen MR) is 69.6 cm³/mol. The van der Waals surface area contributed by atoms with Crippen LogP contribution in [0.5, 0.6) is 0 Å². The Morgan fingerprint density at radius 1 is 1.44 bits per heavy atom. The molecule has 0 amide bonds. The summed E-state index contributed by atoms with van der Waals surface area (Å²) in [5.41, 5.74) is 0.211. The van der Waals surface area contributed by atoms with Crippen molar-refractivity contribution < 1.29 is 9.53 Å². The summed E-state index contributed by atoms with van der Waals surface area (Å²) in [5, 5.41) is 10.8. The molecule has 0 saturated heterocycles. The number of aromatic nitrogens is 2.